The molecule has 2 rings (SSSR count). The van der Waals surface area contributed by atoms with Crippen LogP contribution in [0.4, 0.5) is 0 Å². The summed E-state index contributed by atoms with van der Waals surface area (Å²) in [6, 6.07) is 0. The van der Waals surface area contributed by atoms with Gasteiger partial charge in [0.2, 0.25) is 0 Å². The van der Waals surface area contributed by atoms with Gasteiger partial charge in [-0.15, -0.1) is 0 Å². The highest BCUT2D eigenvalue weighted by Gasteiger charge is 2.26. The minimum atomic E-state index is -0.583. The maximum Gasteiger partial charge on any atom is 0.310 e. The van der Waals surface area contributed by atoms with Crippen LogP contribution < -0.4 is 0 Å². The van der Waals surface area contributed by atoms with Crippen molar-refractivity contribution in [3.8, 4) is 0 Å². The molecule has 0 amide bonds. The number of hydrogen-bond donors (Lipinski definition) is 2. The summed E-state index contributed by atoms with van der Waals surface area (Å²) >= 11 is 1.09. The minimum Gasteiger partial charge on any atom is -0.469 e. The summed E-state index contributed by atoms with van der Waals surface area (Å²) in [6.45, 7) is 0. The van der Waals surface area contributed by atoms with E-state index in [1.54, 1.807) is 0 Å². The lowest BCUT2D eigenvalue weighted by molar-refractivity contribution is -0.141. The number of rotatable bonds is 14. The molecule has 37 heavy (non-hydrogen) atoms. The summed E-state index contributed by atoms with van der Waals surface area (Å²) in [5, 5.41) is 0.847. The molecule has 2 aromatic rings. The van der Waals surface area contributed by atoms with Crippen LogP contribution in [0.15, 0.2) is 10.1 Å². The standard InChI is InChI=1S/C24H28N2O10S/c1-33-19(29)7-5-13-15(9-21(31)35-3)17(11-27)25-23(13)37-24-14(6-8-20(30)34-2)16(10-22(32)36-4)18(12-28)26-24/h11-12,25-26H,5-10H2,1-4H3. The fourth-order valence-corrected chi connectivity index (χ4v) is 4.87. The zero-order chi connectivity index (χ0) is 27.5. The Kier molecular flexibility index (Phi) is 11.1. The minimum absolute atomic E-state index is 0.0263. The van der Waals surface area contributed by atoms with E-state index in [1.165, 1.54) is 28.4 Å². The van der Waals surface area contributed by atoms with E-state index < -0.39 is 23.9 Å². The number of aromatic amines is 2. The number of H-pyrrole nitrogens is 2. The Morgan fingerprint density at radius 2 is 0.973 bits per heavy atom. The molecular weight excluding hydrogens is 508 g/mol. The van der Waals surface area contributed by atoms with Crippen molar-refractivity contribution in [3.63, 3.8) is 0 Å². The first-order valence-corrected chi connectivity index (χ1v) is 11.9. The van der Waals surface area contributed by atoms with Gasteiger partial charge in [-0.3, -0.25) is 28.8 Å². The Morgan fingerprint density at radius 1 is 0.622 bits per heavy atom. The molecule has 0 aliphatic carbocycles. The number of aromatic nitrogens is 2. The maximum absolute atomic E-state index is 12.0. The molecular formula is C24H28N2O10S. The van der Waals surface area contributed by atoms with Crippen LogP contribution in [0.2, 0.25) is 0 Å². The predicted molar refractivity (Wildman–Crippen MR) is 129 cm³/mol. The van der Waals surface area contributed by atoms with Gasteiger partial charge in [0.1, 0.15) is 0 Å². The summed E-state index contributed by atoms with van der Waals surface area (Å²) in [4.78, 5) is 77.3. The summed E-state index contributed by atoms with van der Waals surface area (Å²) in [6.07, 6.45) is 0.894. The summed E-state index contributed by atoms with van der Waals surface area (Å²) in [5.74, 6) is -2.15. The largest absolute Gasteiger partial charge is 0.469 e. The third-order valence-corrected chi connectivity index (χ3v) is 6.68. The number of methoxy groups -OCH3 is 4. The molecule has 0 aliphatic heterocycles. The lowest BCUT2D eigenvalue weighted by atomic mass is 10.0. The van der Waals surface area contributed by atoms with Gasteiger partial charge in [0.15, 0.2) is 12.6 Å². The first-order valence-electron chi connectivity index (χ1n) is 11.1. The maximum atomic E-state index is 12.0. The Labute approximate surface area is 216 Å². The fourth-order valence-electron chi connectivity index (χ4n) is 3.65. The molecule has 13 heteroatoms. The van der Waals surface area contributed by atoms with E-state index in [1.807, 2.05) is 0 Å². The van der Waals surface area contributed by atoms with Crippen LogP contribution in [-0.4, -0.2) is 74.9 Å². The molecule has 0 unspecified atom stereocenters. The van der Waals surface area contributed by atoms with E-state index in [2.05, 4.69) is 9.97 Å². The molecule has 2 N–H and O–H groups in total. The number of carbonyl (C=O) groups excluding carboxylic acids is 6. The van der Waals surface area contributed by atoms with Crippen molar-refractivity contribution in [3.05, 3.63) is 33.6 Å². The Bertz CT molecular complexity index is 1090. The highest BCUT2D eigenvalue weighted by atomic mass is 32.2. The van der Waals surface area contributed by atoms with Crippen molar-refractivity contribution < 1.29 is 47.7 Å². The van der Waals surface area contributed by atoms with Gasteiger partial charge < -0.3 is 28.9 Å². The van der Waals surface area contributed by atoms with Crippen LogP contribution in [0, 0.1) is 0 Å². The summed E-state index contributed by atoms with van der Waals surface area (Å²) < 4.78 is 18.9. The van der Waals surface area contributed by atoms with E-state index in [4.69, 9.17) is 18.9 Å². The summed E-state index contributed by atoms with van der Waals surface area (Å²) in [7, 11) is 4.93. The third-order valence-electron chi connectivity index (χ3n) is 5.57. The van der Waals surface area contributed by atoms with E-state index in [9.17, 15) is 28.8 Å². The number of esters is 4. The topological polar surface area (TPSA) is 171 Å². The molecule has 2 heterocycles. The van der Waals surface area contributed by atoms with Crippen LogP contribution >= 0.6 is 11.8 Å². The van der Waals surface area contributed by atoms with Crippen LogP contribution in [0.25, 0.3) is 0 Å². The molecule has 200 valence electrons. The zero-order valence-corrected chi connectivity index (χ0v) is 21.7. The van der Waals surface area contributed by atoms with E-state index in [0.29, 0.717) is 44.9 Å². The fraction of sp³-hybridized carbons (Fsp3) is 0.417. The van der Waals surface area contributed by atoms with Crippen LogP contribution in [-0.2, 0) is 63.8 Å². The van der Waals surface area contributed by atoms with Crippen molar-refractivity contribution in [1.82, 2.24) is 9.97 Å². The second-order valence-electron chi connectivity index (χ2n) is 7.65. The third kappa shape index (κ3) is 7.56. The van der Waals surface area contributed by atoms with Gasteiger partial charge in [-0.1, -0.05) is 11.8 Å². The van der Waals surface area contributed by atoms with E-state index in [0.717, 1.165) is 11.8 Å². The lowest BCUT2D eigenvalue weighted by Crippen LogP contribution is -2.09. The first-order chi connectivity index (χ1) is 17.7. The second kappa shape index (κ2) is 14.0. The molecule has 0 saturated carbocycles. The number of nitrogens with one attached hydrogen (secondary N) is 2. The van der Waals surface area contributed by atoms with Crippen molar-refractivity contribution in [2.24, 2.45) is 0 Å². The normalized spacial score (nSPS) is 10.5. The molecule has 0 bridgehead atoms. The predicted octanol–water partition coefficient (Wildman–Crippen LogP) is 1.76. The molecule has 0 radical (unpaired) electrons. The zero-order valence-electron chi connectivity index (χ0n) is 20.9. The van der Waals surface area contributed by atoms with Crippen LogP contribution in [0.1, 0.15) is 56.1 Å². The van der Waals surface area contributed by atoms with Crippen LogP contribution in [0.5, 0.6) is 0 Å². The summed E-state index contributed by atoms with van der Waals surface area (Å²) in [5.41, 5.74) is 2.00. The van der Waals surface area contributed by atoms with Crippen molar-refractivity contribution >= 4 is 48.2 Å². The molecule has 0 atom stereocenters. The van der Waals surface area contributed by atoms with Crippen molar-refractivity contribution in [1.29, 1.82) is 0 Å². The number of hydrogen-bond acceptors (Lipinski definition) is 11. The van der Waals surface area contributed by atoms with E-state index >= 15 is 0 Å². The van der Waals surface area contributed by atoms with Crippen molar-refractivity contribution in [2.75, 3.05) is 28.4 Å². The quantitative estimate of drug-likeness (QED) is 0.205. The molecule has 2 aromatic heterocycles. The molecule has 0 fully saturated rings. The van der Waals surface area contributed by atoms with Crippen LogP contribution in [0.3, 0.4) is 0 Å². The molecule has 0 spiro atoms. The molecule has 0 aromatic carbocycles. The Morgan fingerprint density at radius 3 is 1.27 bits per heavy atom. The van der Waals surface area contributed by atoms with Gasteiger partial charge in [-0.05, 0) is 35.1 Å². The number of carbonyl (C=O) groups is 6. The van der Waals surface area contributed by atoms with Gasteiger partial charge in [-0.2, -0.15) is 0 Å². The van der Waals surface area contributed by atoms with E-state index in [-0.39, 0.29) is 49.9 Å². The lowest BCUT2D eigenvalue weighted by Gasteiger charge is -2.09. The average Bonchev–Trinajstić information content (AvgIpc) is 3.41. The SMILES string of the molecule is COC(=O)CCc1c(Sc2[nH]c(C=O)c(CC(=O)OC)c2CCC(=O)OC)[nH]c(C=O)c1CC(=O)OC. The second-order valence-corrected chi connectivity index (χ2v) is 8.67. The molecule has 0 saturated heterocycles. The smallest absolute Gasteiger partial charge is 0.310 e. The highest BCUT2D eigenvalue weighted by molar-refractivity contribution is 7.99. The van der Waals surface area contributed by atoms with Gasteiger partial charge in [0.05, 0.1) is 62.7 Å². The Balaban J connectivity index is 2.62. The van der Waals surface area contributed by atoms with Gasteiger partial charge >= 0.3 is 23.9 Å². The monoisotopic (exact) mass is 536 g/mol. The van der Waals surface area contributed by atoms with Gasteiger partial charge in [0, 0.05) is 12.8 Å². The van der Waals surface area contributed by atoms with Crippen molar-refractivity contribution in [2.45, 2.75) is 48.6 Å². The number of aldehydes is 2. The number of ether oxygens (including phenoxy) is 4. The molecule has 0 aliphatic rings. The van der Waals surface area contributed by atoms with Gasteiger partial charge in [0.25, 0.3) is 0 Å². The van der Waals surface area contributed by atoms with Gasteiger partial charge in [-0.25, -0.2) is 0 Å². The highest BCUT2D eigenvalue weighted by Crippen LogP contribution is 2.38. The first kappa shape index (κ1) is 29.4. The molecule has 12 nitrogen and oxygen atoms in total. The average molecular weight is 537 g/mol. The Hall–Kier alpha value is -3.87.